The maximum atomic E-state index is 15.5. The Morgan fingerprint density at radius 3 is 0.720 bits per heavy atom. The van der Waals surface area contributed by atoms with Crippen molar-refractivity contribution in [3.05, 3.63) is 0 Å². The van der Waals surface area contributed by atoms with E-state index >= 15 is 65.9 Å². The standard InChI is InChI=1S/C30H48F15O4P/c1-7-13-19-22(31,16-10-4)25(34,35)28(40,41)47-50(46,48-29(42,43)26(36,37)23(32,17-11-5)20-14-8-2)49-30(44,45)27(38,39)24(33,18-12-6)21-15-9-3/h7-21H2,1-6H3. The maximum absolute atomic E-state index is 15.5. The summed E-state index contributed by atoms with van der Waals surface area (Å²) in [5.41, 5.74) is -13.2. The zero-order valence-electron chi connectivity index (χ0n) is 28.9. The second-order valence-electron chi connectivity index (χ2n) is 12.5. The van der Waals surface area contributed by atoms with Gasteiger partial charge in [-0.15, -0.1) is 0 Å². The van der Waals surface area contributed by atoms with Crippen LogP contribution in [0, 0.1) is 0 Å². The zero-order valence-corrected chi connectivity index (χ0v) is 29.8. The van der Waals surface area contributed by atoms with E-state index in [0.29, 0.717) is 0 Å². The fourth-order valence-electron chi connectivity index (χ4n) is 5.31. The molecule has 0 amide bonds. The third kappa shape index (κ3) is 10.4. The Hall–Kier alpha value is -0.940. The van der Waals surface area contributed by atoms with E-state index in [2.05, 4.69) is 13.6 Å². The van der Waals surface area contributed by atoms with E-state index in [1.165, 1.54) is 20.8 Å². The van der Waals surface area contributed by atoms with Gasteiger partial charge in [0.25, 0.3) is 0 Å². The number of rotatable bonds is 27. The summed E-state index contributed by atoms with van der Waals surface area (Å²) in [6, 6.07) is 0. The summed E-state index contributed by atoms with van der Waals surface area (Å²) in [6.07, 6.45) is -33.1. The van der Waals surface area contributed by atoms with E-state index < -0.39 is 138 Å². The lowest BCUT2D eigenvalue weighted by Gasteiger charge is -2.42. The highest BCUT2D eigenvalue weighted by Gasteiger charge is 2.79. The van der Waals surface area contributed by atoms with E-state index in [9.17, 15) is 4.57 Å². The van der Waals surface area contributed by atoms with Crippen LogP contribution >= 0.6 is 7.82 Å². The van der Waals surface area contributed by atoms with Crippen molar-refractivity contribution in [2.45, 2.75) is 191 Å². The molecule has 0 fully saturated rings. The van der Waals surface area contributed by atoms with Crippen LogP contribution in [0.25, 0.3) is 0 Å². The Kier molecular flexibility index (Phi) is 17.6. The van der Waals surface area contributed by atoms with Crippen molar-refractivity contribution >= 4 is 7.82 Å². The number of phosphoric acid groups is 1. The van der Waals surface area contributed by atoms with Gasteiger partial charge in [-0.1, -0.05) is 99.3 Å². The lowest BCUT2D eigenvalue weighted by molar-refractivity contribution is -0.393. The summed E-state index contributed by atoms with van der Waals surface area (Å²) >= 11 is 0. The molecule has 3 atom stereocenters. The Morgan fingerprint density at radius 2 is 0.560 bits per heavy atom. The van der Waals surface area contributed by atoms with Crippen LogP contribution in [0.15, 0.2) is 0 Å². The SMILES string of the molecule is CCCCC(F)(CCC)C(F)(F)C(F)(F)OP(=O)(OC(F)(F)C(F)(F)C(F)(CCC)CCCC)OC(F)(F)C(F)(F)C(F)(CCC)CCCC. The summed E-state index contributed by atoms with van der Waals surface area (Å²) in [4.78, 5) is 0. The van der Waals surface area contributed by atoms with Crippen molar-refractivity contribution in [1.29, 1.82) is 0 Å². The first-order valence-corrected chi connectivity index (χ1v) is 18.0. The molecule has 0 aromatic heterocycles. The highest BCUT2D eigenvalue weighted by Crippen LogP contribution is 2.68. The first-order valence-electron chi connectivity index (χ1n) is 16.5. The molecule has 0 rings (SSSR count). The number of unbranched alkanes of at least 4 members (excludes halogenated alkanes) is 3. The molecule has 0 aromatic rings. The summed E-state index contributed by atoms with van der Waals surface area (Å²) in [7, 11) is -8.41. The minimum atomic E-state index is -8.41. The molecule has 0 N–H and O–H groups in total. The second kappa shape index (κ2) is 17.9. The van der Waals surface area contributed by atoms with Crippen LogP contribution in [-0.4, -0.2) is 53.1 Å². The average molecular weight is 789 g/mol. The fourth-order valence-corrected chi connectivity index (χ4v) is 6.61. The fraction of sp³-hybridized carbons (Fsp3) is 1.00. The van der Waals surface area contributed by atoms with E-state index in [4.69, 9.17) is 0 Å². The minimum absolute atomic E-state index is 0.104. The quantitative estimate of drug-likeness (QED) is 0.0614. The van der Waals surface area contributed by atoms with Gasteiger partial charge >= 0.3 is 43.9 Å². The summed E-state index contributed by atoms with van der Waals surface area (Å²) < 4.78 is 251. The third-order valence-electron chi connectivity index (χ3n) is 8.18. The van der Waals surface area contributed by atoms with Gasteiger partial charge in [0.05, 0.1) is 0 Å². The van der Waals surface area contributed by atoms with Gasteiger partial charge in [0.1, 0.15) is 0 Å². The topological polar surface area (TPSA) is 44.8 Å². The molecule has 0 spiro atoms. The van der Waals surface area contributed by atoms with Gasteiger partial charge in [-0.05, 0) is 38.5 Å². The maximum Gasteiger partial charge on any atom is 0.489 e. The molecule has 0 saturated carbocycles. The molecule has 3 unspecified atom stereocenters. The molecule has 0 aliphatic carbocycles. The number of phosphoric ester groups is 1. The predicted molar refractivity (Wildman–Crippen MR) is 155 cm³/mol. The monoisotopic (exact) mass is 788 g/mol. The third-order valence-corrected chi connectivity index (χ3v) is 9.54. The van der Waals surface area contributed by atoms with Crippen LogP contribution in [0.4, 0.5) is 65.9 Å². The molecule has 20 heteroatoms. The molecular weight excluding hydrogens is 740 g/mol. The molecule has 0 heterocycles. The number of halogens is 15. The van der Waals surface area contributed by atoms with Crippen molar-refractivity contribution in [1.82, 2.24) is 0 Å². The lowest BCUT2D eigenvalue weighted by atomic mass is 9.86. The number of hydrogen-bond acceptors (Lipinski definition) is 4. The summed E-state index contributed by atoms with van der Waals surface area (Å²) in [6.45, 7) is 6.96. The molecule has 0 aromatic carbocycles. The molecular formula is C30H48F15O4P. The molecule has 0 radical (unpaired) electrons. The van der Waals surface area contributed by atoms with Crippen molar-refractivity contribution in [3.63, 3.8) is 0 Å². The van der Waals surface area contributed by atoms with Gasteiger partial charge in [0.2, 0.25) is 0 Å². The van der Waals surface area contributed by atoms with Gasteiger partial charge in [0.15, 0.2) is 17.0 Å². The van der Waals surface area contributed by atoms with Gasteiger partial charge in [0, 0.05) is 0 Å². The molecule has 0 bridgehead atoms. The van der Waals surface area contributed by atoms with E-state index in [0.717, 1.165) is 20.8 Å². The lowest BCUT2D eigenvalue weighted by Crippen LogP contribution is -2.60. The molecule has 0 aliphatic rings. The molecule has 50 heavy (non-hydrogen) atoms. The van der Waals surface area contributed by atoms with Gasteiger partial charge in [-0.3, -0.25) is 0 Å². The Balaban J connectivity index is 7.58. The van der Waals surface area contributed by atoms with Gasteiger partial charge in [-0.2, -0.15) is 52.7 Å². The van der Waals surface area contributed by atoms with Gasteiger partial charge in [-0.25, -0.2) is 31.3 Å². The minimum Gasteiger partial charge on any atom is -0.237 e. The second-order valence-corrected chi connectivity index (χ2v) is 13.9. The van der Waals surface area contributed by atoms with Crippen LogP contribution in [0.5, 0.6) is 0 Å². The van der Waals surface area contributed by atoms with E-state index in [1.807, 2.05) is 0 Å². The summed E-state index contributed by atoms with van der Waals surface area (Å²) in [5, 5.41) is 0. The Morgan fingerprint density at radius 1 is 0.360 bits per heavy atom. The van der Waals surface area contributed by atoms with E-state index in [1.54, 1.807) is 0 Å². The predicted octanol–water partition coefficient (Wildman–Crippen LogP) is 13.9. The molecule has 4 nitrogen and oxygen atoms in total. The first kappa shape index (κ1) is 49.1. The molecule has 302 valence electrons. The van der Waals surface area contributed by atoms with Crippen molar-refractivity contribution in [3.8, 4) is 0 Å². The smallest absolute Gasteiger partial charge is 0.237 e. The highest BCUT2D eigenvalue weighted by atomic mass is 31.2. The van der Waals surface area contributed by atoms with Crippen molar-refractivity contribution in [2.24, 2.45) is 0 Å². The van der Waals surface area contributed by atoms with E-state index in [-0.39, 0.29) is 19.3 Å². The van der Waals surface area contributed by atoms with Gasteiger partial charge < -0.3 is 0 Å². The van der Waals surface area contributed by atoms with Crippen molar-refractivity contribution in [2.75, 3.05) is 0 Å². The van der Waals surface area contributed by atoms with Crippen LogP contribution < -0.4 is 0 Å². The largest absolute Gasteiger partial charge is 0.489 e. The van der Waals surface area contributed by atoms with Crippen LogP contribution in [0.1, 0.15) is 138 Å². The van der Waals surface area contributed by atoms with Crippen LogP contribution in [0.2, 0.25) is 0 Å². The van der Waals surface area contributed by atoms with Crippen LogP contribution in [0.3, 0.4) is 0 Å². The normalized spacial score (nSPS) is 19.1. The van der Waals surface area contributed by atoms with Crippen molar-refractivity contribution < 1.29 is 84.0 Å². The molecule has 0 saturated heterocycles. The Labute approximate surface area is 283 Å². The Bertz CT molecular complexity index is 953. The zero-order chi connectivity index (χ0) is 39.7. The number of hydrogen-bond donors (Lipinski definition) is 0. The average Bonchev–Trinajstić information content (AvgIpc) is 2.96. The highest BCUT2D eigenvalue weighted by molar-refractivity contribution is 7.48. The van der Waals surface area contributed by atoms with Crippen LogP contribution in [-0.2, 0) is 18.1 Å². The summed E-state index contributed by atoms with van der Waals surface area (Å²) in [5.74, 6) is -19.0. The number of alkyl halides is 15. The molecule has 0 aliphatic heterocycles. The first-order chi connectivity index (χ1) is 22.5.